The number of imide groups is 1. The Hall–Kier alpha value is -1.30. The Kier molecular flexibility index (Phi) is 5.21. The molecule has 0 spiro atoms. The standard InChI is InChI=1S/C10H16ClN3O3/c1-6(11)8(15)14-10(17)13-5-4-12-9(16)7-2-3-7/h6-7H,2-5H2,1H3,(H,12,16)(H2,13,14,15,17). The molecule has 0 radical (unpaired) electrons. The minimum Gasteiger partial charge on any atom is -0.354 e. The average molecular weight is 262 g/mol. The van der Waals surface area contributed by atoms with Crippen LogP contribution in [0.2, 0.25) is 0 Å². The highest BCUT2D eigenvalue weighted by molar-refractivity contribution is 6.31. The predicted molar refractivity (Wildman–Crippen MR) is 62.6 cm³/mol. The molecule has 0 aromatic carbocycles. The van der Waals surface area contributed by atoms with Crippen molar-refractivity contribution >= 4 is 29.4 Å². The van der Waals surface area contributed by atoms with Crippen molar-refractivity contribution in [2.45, 2.75) is 25.1 Å². The molecule has 1 rings (SSSR count). The van der Waals surface area contributed by atoms with Gasteiger partial charge in [0.1, 0.15) is 5.38 Å². The van der Waals surface area contributed by atoms with E-state index in [0.717, 1.165) is 12.8 Å². The minimum atomic E-state index is -0.754. The van der Waals surface area contributed by atoms with Gasteiger partial charge in [-0.25, -0.2) is 4.79 Å². The van der Waals surface area contributed by atoms with Crippen LogP contribution in [0.5, 0.6) is 0 Å². The molecular weight excluding hydrogens is 246 g/mol. The van der Waals surface area contributed by atoms with Crippen molar-refractivity contribution in [2.75, 3.05) is 13.1 Å². The van der Waals surface area contributed by atoms with Crippen LogP contribution in [-0.4, -0.2) is 36.3 Å². The molecule has 0 bridgehead atoms. The van der Waals surface area contributed by atoms with E-state index in [2.05, 4.69) is 16.0 Å². The number of nitrogens with one attached hydrogen (secondary N) is 3. The Bertz CT molecular complexity index is 316. The van der Waals surface area contributed by atoms with E-state index in [1.54, 1.807) is 0 Å². The van der Waals surface area contributed by atoms with Gasteiger partial charge in [-0.1, -0.05) is 0 Å². The molecule has 0 aromatic rings. The van der Waals surface area contributed by atoms with Crippen LogP contribution in [0.15, 0.2) is 0 Å². The maximum Gasteiger partial charge on any atom is 0.321 e. The Balaban J connectivity index is 2.03. The fourth-order valence-electron chi connectivity index (χ4n) is 1.11. The molecule has 4 amide bonds. The van der Waals surface area contributed by atoms with E-state index in [0.29, 0.717) is 6.54 Å². The van der Waals surface area contributed by atoms with Gasteiger partial charge in [-0.2, -0.15) is 0 Å². The SMILES string of the molecule is CC(Cl)C(=O)NC(=O)NCCNC(=O)C1CC1. The van der Waals surface area contributed by atoms with Crippen molar-refractivity contribution in [3.63, 3.8) is 0 Å². The zero-order chi connectivity index (χ0) is 12.8. The van der Waals surface area contributed by atoms with E-state index >= 15 is 0 Å². The summed E-state index contributed by atoms with van der Waals surface area (Å²) >= 11 is 5.47. The van der Waals surface area contributed by atoms with Crippen LogP contribution in [0.1, 0.15) is 19.8 Å². The summed E-state index contributed by atoms with van der Waals surface area (Å²) in [5, 5.41) is 6.44. The van der Waals surface area contributed by atoms with Gasteiger partial charge in [-0.05, 0) is 19.8 Å². The van der Waals surface area contributed by atoms with Crippen molar-refractivity contribution in [1.82, 2.24) is 16.0 Å². The molecule has 0 heterocycles. The quantitative estimate of drug-likeness (QED) is 0.480. The van der Waals surface area contributed by atoms with Crippen molar-refractivity contribution in [3.05, 3.63) is 0 Å². The summed E-state index contributed by atoms with van der Waals surface area (Å²) in [6, 6.07) is -0.608. The first-order chi connectivity index (χ1) is 8.00. The number of carbonyl (C=O) groups is 3. The van der Waals surface area contributed by atoms with Crippen molar-refractivity contribution in [3.8, 4) is 0 Å². The summed E-state index contributed by atoms with van der Waals surface area (Å²) < 4.78 is 0. The summed E-state index contributed by atoms with van der Waals surface area (Å²) in [6.07, 6.45) is 1.89. The Morgan fingerprint density at radius 2 is 1.82 bits per heavy atom. The van der Waals surface area contributed by atoms with Crippen molar-refractivity contribution in [2.24, 2.45) is 5.92 Å². The van der Waals surface area contributed by atoms with Crippen LogP contribution >= 0.6 is 11.6 Å². The maximum absolute atomic E-state index is 11.2. The molecule has 1 aliphatic rings. The van der Waals surface area contributed by atoms with Crippen LogP contribution in [0, 0.1) is 5.92 Å². The predicted octanol–water partition coefficient (Wildman–Crippen LogP) is -0.0343. The van der Waals surface area contributed by atoms with Crippen LogP contribution < -0.4 is 16.0 Å². The highest BCUT2D eigenvalue weighted by atomic mass is 35.5. The second-order valence-electron chi connectivity index (χ2n) is 3.93. The summed E-state index contributed by atoms with van der Waals surface area (Å²) in [4.78, 5) is 33.4. The average Bonchev–Trinajstić information content (AvgIpc) is 3.07. The monoisotopic (exact) mass is 261 g/mol. The lowest BCUT2D eigenvalue weighted by atomic mass is 10.4. The number of alkyl halides is 1. The fourth-order valence-corrected chi connectivity index (χ4v) is 1.16. The molecule has 1 fully saturated rings. The highest BCUT2D eigenvalue weighted by Crippen LogP contribution is 2.28. The lowest BCUT2D eigenvalue weighted by Crippen LogP contribution is -2.44. The summed E-state index contributed by atoms with van der Waals surface area (Å²) in [6.45, 7) is 2.10. The number of hydrogen-bond acceptors (Lipinski definition) is 3. The molecule has 17 heavy (non-hydrogen) atoms. The smallest absolute Gasteiger partial charge is 0.321 e. The third-order valence-corrected chi connectivity index (χ3v) is 2.45. The zero-order valence-electron chi connectivity index (χ0n) is 9.59. The largest absolute Gasteiger partial charge is 0.354 e. The first-order valence-corrected chi connectivity index (χ1v) is 5.95. The Morgan fingerprint density at radius 3 is 2.35 bits per heavy atom. The molecule has 96 valence electrons. The second-order valence-corrected chi connectivity index (χ2v) is 4.58. The van der Waals surface area contributed by atoms with E-state index < -0.39 is 17.3 Å². The summed E-state index contributed by atoms with van der Waals surface area (Å²) in [5.41, 5.74) is 0. The number of halogens is 1. The number of carbonyl (C=O) groups excluding carboxylic acids is 3. The summed E-state index contributed by atoms with van der Waals surface area (Å²) in [7, 11) is 0. The van der Waals surface area contributed by atoms with Crippen LogP contribution in [0.3, 0.4) is 0 Å². The molecule has 1 unspecified atom stereocenters. The van der Waals surface area contributed by atoms with E-state index in [-0.39, 0.29) is 18.4 Å². The molecule has 6 nitrogen and oxygen atoms in total. The van der Waals surface area contributed by atoms with Crippen LogP contribution in [0.4, 0.5) is 4.79 Å². The van der Waals surface area contributed by atoms with Gasteiger partial charge in [0, 0.05) is 19.0 Å². The first kappa shape index (κ1) is 13.8. The second kappa shape index (κ2) is 6.44. The molecular formula is C10H16ClN3O3. The molecule has 3 N–H and O–H groups in total. The van der Waals surface area contributed by atoms with Gasteiger partial charge in [-0.15, -0.1) is 11.6 Å². The lowest BCUT2D eigenvalue weighted by Gasteiger charge is -2.08. The number of rotatable bonds is 5. The molecule has 0 aliphatic heterocycles. The van der Waals surface area contributed by atoms with E-state index in [4.69, 9.17) is 11.6 Å². The highest BCUT2D eigenvalue weighted by Gasteiger charge is 2.28. The zero-order valence-corrected chi connectivity index (χ0v) is 10.3. The van der Waals surface area contributed by atoms with Crippen molar-refractivity contribution < 1.29 is 14.4 Å². The maximum atomic E-state index is 11.2. The normalized spacial score (nSPS) is 15.9. The summed E-state index contributed by atoms with van der Waals surface area (Å²) in [5.74, 6) is -0.369. The lowest BCUT2D eigenvalue weighted by molar-refractivity contribution is -0.122. The Labute approximate surface area is 104 Å². The molecule has 0 aromatic heterocycles. The first-order valence-electron chi connectivity index (χ1n) is 5.51. The van der Waals surface area contributed by atoms with E-state index in [1.165, 1.54) is 6.92 Å². The molecule has 7 heteroatoms. The topological polar surface area (TPSA) is 87.3 Å². The van der Waals surface area contributed by atoms with Gasteiger partial charge in [0.15, 0.2) is 0 Å². The fraction of sp³-hybridized carbons (Fsp3) is 0.700. The third kappa shape index (κ3) is 5.53. The minimum absolute atomic E-state index is 0.0256. The Morgan fingerprint density at radius 1 is 1.24 bits per heavy atom. The number of urea groups is 1. The van der Waals surface area contributed by atoms with Gasteiger partial charge >= 0.3 is 6.03 Å². The van der Waals surface area contributed by atoms with Gasteiger partial charge in [0.05, 0.1) is 0 Å². The molecule has 1 saturated carbocycles. The van der Waals surface area contributed by atoms with Gasteiger partial charge in [0.2, 0.25) is 11.8 Å². The van der Waals surface area contributed by atoms with E-state index in [9.17, 15) is 14.4 Å². The van der Waals surface area contributed by atoms with Crippen LogP contribution in [0.25, 0.3) is 0 Å². The van der Waals surface area contributed by atoms with Gasteiger partial charge < -0.3 is 10.6 Å². The number of hydrogen-bond donors (Lipinski definition) is 3. The third-order valence-electron chi connectivity index (χ3n) is 2.26. The van der Waals surface area contributed by atoms with Crippen molar-refractivity contribution in [1.29, 1.82) is 0 Å². The molecule has 1 atom stereocenters. The van der Waals surface area contributed by atoms with Gasteiger partial charge in [0.25, 0.3) is 0 Å². The number of amides is 4. The van der Waals surface area contributed by atoms with E-state index in [1.807, 2.05) is 0 Å². The van der Waals surface area contributed by atoms with Gasteiger partial charge in [-0.3, -0.25) is 14.9 Å². The molecule has 0 saturated heterocycles. The van der Waals surface area contributed by atoms with Crippen LogP contribution in [-0.2, 0) is 9.59 Å². The molecule has 1 aliphatic carbocycles.